The number of benzene rings is 1. The number of likely N-dealkylation sites (tertiary alicyclic amines) is 1. The van der Waals surface area contributed by atoms with E-state index in [0.29, 0.717) is 24.2 Å². The maximum Gasteiger partial charge on any atom is 0.446 e. The monoisotopic (exact) mass is 533 g/mol. The van der Waals surface area contributed by atoms with Crippen LogP contribution < -0.4 is 10.2 Å². The predicted molar refractivity (Wildman–Crippen MR) is 132 cm³/mol. The van der Waals surface area contributed by atoms with Crippen LogP contribution in [-0.2, 0) is 16.1 Å². The molecular weight excluding hydrogens is 507 g/mol. The third-order valence-corrected chi connectivity index (χ3v) is 7.84. The minimum Gasteiger partial charge on any atom is -0.310 e. The Morgan fingerprint density at radius 3 is 2.43 bits per heavy atom. The number of rotatable bonds is 6. The summed E-state index contributed by atoms with van der Waals surface area (Å²) < 4.78 is 38.0. The van der Waals surface area contributed by atoms with Gasteiger partial charge in [0.1, 0.15) is 11.4 Å². The van der Waals surface area contributed by atoms with Gasteiger partial charge in [0.2, 0.25) is 5.91 Å². The molecule has 0 atom stereocenters. The van der Waals surface area contributed by atoms with Crippen LogP contribution in [0.4, 0.5) is 29.5 Å². The molecule has 1 aliphatic carbocycles. The number of carbonyl (C=O) groups is 3. The normalized spacial score (nSPS) is 20.1. The van der Waals surface area contributed by atoms with Crippen molar-refractivity contribution in [2.75, 3.05) is 30.4 Å². The summed E-state index contributed by atoms with van der Waals surface area (Å²) in [7, 11) is 2.03. The number of nitrogens with zero attached hydrogens (tertiary/aromatic N) is 4. The van der Waals surface area contributed by atoms with Crippen LogP contribution in [-0.4, -0.2) is 63.8 Å². The summed E-state index contributed by atoms with van der Waals surface area (Å²) in [5.41, 5.74) is -4.43. The van der Waals surface area contributed by atoms with Crippen LogP contribution >= 0.6 is 11.8 Å². The quantitative estimate of drug-likeness (QED) is 0.436. The van der Waals surface area contributed by atoms with Crippen molar-refractivity contribution in [2.24, 2.45) is 5.92 Å². The van der Waals surface area contributed by atoms with Crippen molar-refractivity contribution in [3.05, 3.63) is 48.2 Å². The third-order valence-electron chi connectivity index (χ3n) is 7.10. The number of amides is 4. The molecule has 3 fully saturated rings. The second kappa shape index (κ2) is 9.64. The van der Waals surface area contributed by atoms with Gasteiger partial charge >= 0.3 is 11.5 Å². The van der Waals surface area contributed by atoms with Gasteiger partial charge in [0.05, 0.1) is 5.69 Å². The second-order valence-corrected chi connectivity index (χ2v) is 10.8. The predicted octanol–water partition coefficient (Wildman–Crippen LogP) is 4.48. The Labute approximate surface area is 216 Å². The zero-order chi connectivity index (χ0) is 26.4. The highest BCUT2D eigenvalue weighted by Gasteiger charge is 2.65. The average Bonchev–Trinajstić information content (AvgIpc) is 3.62. The molecule has 1 N–H and O–H groups in total. The molecule has 2 saturated heterocycles. The molecular formula is C25H26F3N5O3S. The molecule has 3 aliphatic rings. The maximum atomic E-state index is 13.3. The smallest absolute Gasteiger partial charge is 0.310 e. The van der Waals surface area contributed by atoms with Gasteiger partial charge in [-0.15, -0.1) is 0 Å². The Bertz CT molecular complexity index is 1210. The molecule has 8 nitrogen and oxygen atoms in total. The van der Waals surface area contributed by atoms with E-state index in [1.165, 1.54) is 29.2 Å². The number of urea groups is 1. The standard InChI is InChI=1S/C25H26F3N5O3S/c1-31-12-7-17(8-13-31)21(34)30-20-14-16(6-11-29-20)15-32-23(36)33(22(35)24(32)9-10-24)18-2-4-19(5-3-18)37-25(26,27)28/h2-6,11,14,17H,7-10,12-13,15H2,1H3,(H,29,30,34). The fraction of sp³-hybridized carbons (Fsp3) is 0.440. The van der Waals surface area contributed by atoms with E-state index >= 15 is 0 Å². The molecule has 37 heavy (non-hydrogen) atoms. The number of pyridine rings is 1. The van der Waals surface area contributed by atoms with Crippen LogP contribution in [0.3, 0.4) is 0 Å². The van der Waals surface area contributed by atoms with Gasteiger partial charge in [0.15, 0.2) is 0 Å². The zero-order valence-electron chi connectivity index (χ0n) is 20.1. The Balaban J connectivity index is 1.29. The number of anilines is 2. The van der Waals surface area contributed by atoms with Gasteiger partial charge in [0, 0.05) is 23.6 Å². The second-order valence-electron chi connectivity index (χ2n) is 9.70. The van der Waals surface area contributed by atoms with Crippen LogP contribution in [0.1, 0.15) is 31.2 Å². The van der Waals surface area contributed by atoms with E-state index in [-0.39, 0.29) is 46.6 Å². The lowest BCUT2D eigenvalue weighted by molar-refractivity contribution is -0.121. The van der Waals surface area contributed by atoms with E-state index in [1.54, 1.807) is 18.3 Å². The Hall–Kier alpha value is -3.12. The number of aromatic nitrogens is 1. The van der Waals surface area contributed by atoms with E-state index in [1.807, 2.05) is 7.05 Å². The van der Waals surface area contributed by atoms with Gasteiger partial charge in [-0.3, -0.25) is 9.59 Å². The fourth-order valence-electron chi connectivity index (χ4n) is 4.88. The first-order chi connectivity index (χ1) is 17.6. The van der Waals surface area contributed by atoms with E-state index in [2.05, 4.69) is 15.2 Å². The molecule has 196 valence electrons. The van der Waals surface area contributed by atoms with E-state index in [4.69, 9.17) is 0 Å². The summed E-state index contributed by atoms with van der Waals surface area (Å²) >= 11 is -0.254. The van der Waals surface area contributed by atoms with Crippen molar-refractivity contribution >= 4 is 41.1 Å². The number of nitrogens with one attached hydrogen (secondary N) is 1. The number of thioether (sulfide) groups is 1. The van der Waals surface area contributed by atoms with Crippen LogP contribution in [0.2, 0.25) is 0 Å². The molecule has 0 unspecified atom stereocenters. The molecule has 5 rings (SSSR count). The summed E-state index contributed by atoms with van der Waals surface area (Å²) in [4.78, 5) is 48.2. The molecule has 1 spiro atoms. The van der Waals surface area contributed by atoms with E-state index in [9.17, 15) is 27.6 Å². The summed E-state index contributed by atoms with van der Waals surface area (Å²) in [6, 6.07) is 8.11. The lowest BCUT2D eigenvalue weighted by Crippen LogP contribution is -2.36. The molecule has 2 aromatic rings. The largest absolute Gasteiger partial charge is 0.446 e. The minimum absolute atomic E-state index is 0.0278. The molecule has 1 saturated carbocycles. The lowest BCUT2D eigenvalue weighted by Gasteiger charge is -2.28. The summed E-state index contributed by atoms with van der Waals surface area (Å²) in [5, 5.41) is 2.87. The Morgan fingerprint density at radius 2 is 1.81 bits per heavy atom. The Kier molecular flexibility index (Phi) is 6.65. The highest BCUT2D eigenvalue weighted by atomic mass is 32.2. The highest BCUT2D eigenvalue weighted by Crippen LogP contribution is 2.50. The number of carbonyl (C=O) groups excluding carboxylic acids is 3. The van der Waals surface area contributed by atoms with Crippen molar-refractivity contribution in [2.45, 2.75) is 48.2 Å². The Morgan fingerprint density at radius 1 is 1.14 bits per heavy atom. The van der Waals surface area contributed by atoms with Gasteiger partial charge < -0.3 is 15.1 Å². The molecule has 4 amide bonds. The first kappa shape index (κ1) is 25.5. The van der Waals surface area contributed by atoms with Crippen molar-refractivity contribution in [1.29, 1.82) is 0 Å². The van der Waals surface area contributed by atoms with Crippen molar-refractivity contribution in [3.8, 4) is 0 Å². The van der Waals surface area contributed by atoms with Crippen LogP contribution in [0.5, 0.6) is 0 Å². The molecule has 1 aromatic heterocycles. The molecule has 3 heterocycles. The van der Waals surface area contributed by atoms with Gasteiger partial charge in [-0.25, -0.2) is 14.7 Å². The number of imide groups is 1. The fourth-order valence-corrected chi connectivity index (χ4v) is 5.42. The molecule has 1 aromatic carbocycles. The van der Waals surface area contributed by atoms with Gasteiger partial charge in [0.25, 0.3) is 5.91 Å². The van der Waals surface area contributed by atoms with E-state index in [0.717, 1.165) is 30.8 Å². The molecule has 0 radical (unpaired) electrons. The van der Waals surface area contributed by atoms with Gasteiger partial charge in [-0.2, -0.15) is 13.2 Å². The first-order valence-electron chi connectivity index (χ1n) is 12.0. The van der Waals surface area contributed by atoms with Crippen LogP contribution in [0.25, 0.3) is 0 Å². The number of halogens is 3. The zero-order valence-corrected chi connectivity index (χ0v) is 20.9. The average molecular weight is 534 g/mol. The summed E-state index contributed by atoms with van der Waals surface area (Å²) in [6.07, 6.45) is 4.14. The molecule has 0 bridgehead atoms. The van der Waals surface area contributed by atoms with Crippen molar-refractivity contribution < 1.29 is 27.6 Å². The van der Waals surface area contributed by atoms with Crippen LogP contribution in [0.15, 0.2) is 47.5 Å². The molecule has 2 aliphatic heterocycles. The van der Waals surface area contributed by atoms with Crippen molar-refractivity contribution in [3.63, 3.8) is 0 Å². The number of alkyl halides is 3. The van der Waals surface area contributed by atoms with Gasteiger partial charge in [-0.05, 0) is 99.5 Å². The van der Waals surface area contributed by atoms with Gasteiger partial charge in [-0.1, -0.05) is 0 Å². The SMILES string of the molecule is CN1CCC(C(=O)Nc2cc(CN3C(=O)N(c4ccc(SC(F)(F)F)cc4)C(=O)C34CC4)ccn2)CC1. The highest BCUT2D eigenvalue weighted by molar-refractivity contribution is 8.00. The lowest BCUT2D eigenvalue weighted by atomic mass is 9.96. The number of hydrogen-bond acceptors (Lipinski definition) is 6. The van der Waals surface area contributed by atoms with Crippen molar-refractivity contribution in [1.82, 2.24) is 14.8 Å². The maximum absolute atomic E-state index is 13.3. The minimum atomic E-state index is -4.42. The van der Waals surface area contributed by atoms with E-state index < -0.39 is 17.1 Å². The topological polar surface area (TPSA) is 85.9 Å². The first-order valence-corrected chi connectivity index (χ1v) is 12.8. The number of piperidine rings is 1. The third kappa shape index (κ3) is 5.30. The number of hydrogen-bond donors (Lipinski definition) is 1. The van der Waals surface area contributed by atoms with Crippen LogP contribution in [0, 0.1) is 5.92 Å². The summed E-state index contributed by atoms with van der Waals surface area (Å²) in [6.45, 7) is 1.86. The molecule has 12 heteroatoms. The summed E-state index contributed by atoms with van der Waals surface area (Å²) in [5.74, 6) is -0.150.